The second-order valence-electron chi connectivity index (χ2n) is 4.74. The molecule has 0 bridgehead atoms. The van der Waals surface area contributed by atoms with Gasteiger partial charge in [0.05, 0.1) is 6.54 Å². The smallest absolute Gasteiger partial charge is 0.248 e. The number of amides is 2. The van der Waals surface area contributed by atoms with Crippen molar-refractivity contribution < 1.29 is 9.59 Å². The van der Waals surface area contributed by atoms with Crippen molar-refractivity contribution in [2.24, 2.45) is 5.73 Å². The highest BCUT2D eigenvalue weighted by Gasteiger charge is 2.08. The quantitative estimate of drug-likeness (QED) is 0.722. The van der Waals surface area contributed by atoms with Crippen LogP contribution in [-0.2, 0) is 11.3 Å². The Morgan fingerprint density at radius 3 is 2.57 bits per heavy atom. The SMILES string of the molecule is CN(CC(=O)Nc1ccc(C(N)=O)cc1)Cc1ccn[nH]1. The van der Waals surface area contributed by atoms with E-state index in [4.69, 9.17) is 5.73 Å². The number of likely N-dealkylation sites (N-methyl/N-ethyl adjacent to an activating group) is 1. The molecule has 110 valence electrons. The lowest BCUT2D eigenvalue weighted by atomic mass is 10.2. The van der Waals surface area contributed by atoms with E-state index in [1.807, 2.05) is 18.0 Å². The van der Waals surface area contributed by atoms with Gasteiger partial charge in [0.1, 0.15) is 0 Å². The van der Waals surface area contributed by atoms with E-state index in [9.17, 15) is 9.59 Å². The van der Waals surface area contributed by atoms with Crippen LogP contribution in [0, 0.1) is 0 Å². The Morgan fingerprint density at radius 2 is 2.00 bits per heavy atom. The zero-order valence-corrected chi connectivity index (χ0v) is 11.7. The largest absolute Gasteiger partial charge is 0.366 e. The number of anilines is 1. The number of nitrogens with zero attached hydrogens (tertiary/aromatic N) is 2. The summed E-state index contributed by atoms with van der Waals surface area (Å²) in [6.45, 7) is 0.852. The molecular weight excluding hydrogens is 270 g/mol. The Balaban J connectivity index is 1.84. The standard InChI is InChI=1S/C14H17N5O2/c1-19(8-12-6-7-16-18-12)9-13(20)17-11-4-2-10(3-5-11)14(15)21/h2-7H,8-9H2,1H3,(H2,15,21)(H,16,18)(H,17,20). The molecule has 0 unspecified atom stereocenters. The van der Waals surface area contributed by atoms with Crippen molar-refractivity contribution in [2.45, 2.75) is 6.54 Å². The lowest BCUT2D eigenvalue weighted by molar-refractivity contribution is -0.117. The Morgan fingerprint density at radius 1 is 1.29 bits per heavy atom. The third kappa shape index (κ3) is 4.43. The fourth-order valence-electron chi connectivity index (χ4n) is 1.88. The molecule has 0 spiro atoms. The normalized spacial score (nSPS) is 10.6. The first kappa shape index (κ1) is 14.7. The number of H-pyrrole nitrogens is 1. The molecule has 4 N–H and O–H groups in total. The Labute approximate surface area is 122 Å². The van der Waals surface area contributed by atoms with Crippen LogP contribution in [0.25, 0.3) is 0 Å². The summed E-state index contributed by atoms with van der Waals surface area (Å²) in [7, 11) is 1.84. The number of primary amides is 1. The number of benzene rings is 1. The fraction of sp³-hybridized carbons (Fsp3) is 0.214. The maximum Gasteiger partial charge on any atom is 0.248 e. The van der Waals surface area contributed by atoms with Gasteiger partial charge in [0.25, 0.3) is 0 Å². The molecule has 1 aromatic carbocycles. The van der Waals surface area contributed by atoms with E-state index in [-0.39, 0.29) is 12.5 Å². The first-order valence-electron chi connectivity index (χ1n) is 6.41. The maximum atomic E-state index is 11.9. The molecule has 0 aliphatic heterocycles. The van der Waals surface area contributed by atoms with Gasteiger partial charge in [0, 0.05) is 29.7 Å². The van der Waals surface area contributed by atoms with Crippen molar-refractivity contribution in [3.05, 3.63) is 47.8 Å². The van der Waals surface area contributed by atoms with Gasteiger partial charge in [-0.1, -0.05) is 0 Å². The first-order chi connectivity index (χ1) is 10.0. The highest BCUT2D eigenvalue weighted by Crippen LogP contribution is 2.09. The van der Waals surface area contributed by atoms with Gasteiger partial charge in [0.2, 0.25) is 11.8 Å². The molecule has 0 aliphatic rings. The Kier molecular flexibility index (Phi) is 4.68. The van der Waals surface area contributed by atoms with Crippen LogP contribution < -0.4 is 11.1 Å². The third-order valence-electron chi connectivity index (χ3n) is 2.87. The number of rotatable bonds is 6. The van der Waals surface area contributed by atoms with Crippen molar-refractivity contribution in [3.8, 4) is 0 Å². The van der Waals surface area contributed by atoms with Gasteiger partial charge < -0.3 is 11.1 Å². The molecule has 2 aromatic rings. The maximum absolute atomic E-state index is 11.9. The van der Waals surface area contributed by atoms with E-state index >= 15 is 0 Å². The highest BCUT2D eigenvalue weighted by atomic mass is 16.2. The first-order valence-corrected chi connectivity index (χ1v) is 6.41. The predicted octanol–water partition coefficient (Wildman–Crippen LogP) is 0.579. The van der Waals surface area contributed by atoms with Gasteiger partial charge >= 0.3 is 0 Å². The van der Waals surface area contributed by atoms with E-state index in [1.54, 1.807) is 30.5 Å². The fourth-order valence-corrected chi connectivity index (χ4v) is 1.88. The molecule has 0 fully saturated rings. The lowest BCUT2D eigenvalue weighted by Gasteiger charge is -2.15. The van der Waals surface area contributed by atoms with Gasteiger partial charge in [-0.15, -0.1) is 0 Å². The summed E-state index contributed by atoms with van der Waals surface area (Å²) in [6.07, 6.45) is 1.67. The summed E-state index contributed by atoms with van der Waals surface area (Å²) in [4.78, 5) is 24.7. The van der Waals surface area contributed by atoms with E-state index in [0.717, 1.165) is 5.69 Å². The van der Waals surface area contributed by atoms with Crippen LogP contribution in [0.4, 0.5) is 5.69 Å². The highest BCUT2D eigenvalue weighted by molar-refractivity contribution is 5.95. The van der Waals surface area contributed by atoms with E-state index < -0.39 is 5.91 Å². The summed E-state index contributed by atoms with van der Waals surface area (Å²) in [5.74, 6) is -0.629. The zero-order chi connectivity index (χ0) is 15.2. The van der Waals surface area contributed by atoms with Crippen LogP contribution >= 0.6 is 0 Å². The summed E-state index contributed by atoms with van der Waals surface area (Å²) in [6, 6.07) is 8.30. The molecule has 1 heterocycles. The van der Waals surface area contributed by atoms with Crippen LogP contribution in [0.1, 0.15) is 16.1 Å². The van der Waals surface area contributed by atoms with Crippen LogP contribution in [0.2, 0.25) is 0 Å². The van der Waals surface area contributed by atoms with Crippen LogP contribution in [0.5, 0.6) is 0 Å². The average molecular weight is 287 g/mol. The predicted molar refractivity (Wildman–Crippen MR) is 78.5 cm³/mol. The number of carbonyl (C=O) groups is 2. The van der Waals surface area contributed by atoms with Gasteiger partial charge in [-0.25, -0.2) is 0 Å². The molecule has 1 aromatic heterocycles. The van der Waals surface area contributed by atoms with Crippen LogP contribution in [-0.4, -0.2) is 40.5 Å². The summed E-state index contributed by atoms with van der Waals surface area (Å²) in [5.41, 5.74) is 7.13. The van der Waals surface area contributed by atoms with E-state index in [0.29, 0.717) is 17.8 Å². The minimum Gasteiger partial charge on any atom is -0.366 e. The van der Waals surface area contributed by atoms with Gasteiger partial charge in [-0.05, 0) is 37.4 Å². The molecule has 0 aliphatic carbocycles. The molecule has 0 saturated heterocycles. The summed E-state index contributed by atoms with van der Waals surface area (Å²) >= 11 is 0. The number of hydrogen-bond acceptors (Lipinski definition) is 4. The molecular formula is C14H17N5O2. The molecule has 7 nitrogen and oxygen atoms in total. The minimum atomic E-state index is -0.493. The molecule has 0 radical (unpaired) electrons. The zero-order valence-electron chi connectivity index (χ0n) is 11.7. The molecule has 2 rings (SSSR count). The Hall–Kier alpha value is -2.67. The number of hydrogen-bond donors (Lipinski definition) is 3. The van der Waals surface area contributed by atoms with Crippen LogP contribution in [0.15, 0.2) is 36.5 Å². The summed E-state index contributed by atoms with van der Waals surface area (Å²) in [5, 5.41) is 9.46. The van der Waals surface area contributed by atoms with E-state index in [1.165, 1.54) is 0 Å². The molecule has 2 amide bonds. The van der Waals surface area contributed by atoms with Crippen LogP contribution in [0.3, 0.4) is 0 Å². The third-order valence-corrected chi connectivity index (χ3v) is 2.87. The minimum absolute atomic E-state index is 0.135. The number of carbonyl (C=O) groups excluding carboxylic acids is 2. The molecule has 21 heavy (non-hydrogen) atoms. The van der Waals surface area contributed by atoms with Crippen molar-refractivity contribution in [2.75, 3.05) is 18.9 Å². The van der Waals surface area contributed by atoms with Gasteiger partial charge in [-0.3, -0.25) is 19.6 Å². The van der Waals surface area contributed by atoms with Crippen molar-refractivity contribution >= 4 is 17.5 Å². The summed E-state index contributed by atoms with van der Waals surface area (Å²) < 4.78 is 0. The van der Waals surface area contributed by atoms with Crippen molar-refractivity contribution in [1.29, 1.82) is 0 Å². The van der Waals surface area contributed by atoms with Gasteiger partial charge in [-0.2, -0.15) is 5.10 Å². The second-order valence-corrected chi connectivity index (χ2v) is 4.74. The second kappa shape index (κ2) is 6.67. The number of aromatic amines is 1. The molecule has 0 atom stereocenters. The van der Waals surface area contributed by atoms with E-state index in [2.05, 4.69) is 15.5 Å². The lowest BCUT2D eigenvalue weighted by Crippen LogP contribution is -2.30. The average Bonchev–Trinajstić information content (AvgIpc) is 2.91. The molecule has 7 heteroatoms. The monoisotopic (exact) mass is 287 g/mol. The molecule has 0 saturated carbocycles. The van der Waals surface area contributed by atoms with Crippen molar-refractivity contribution in [1.82, 2.24) is 15.1 Å². The number of aromatic nitrogens is 2. The topological polar surface area (TPSA) is 104 Å². The Bertz CT molecular complexity index is 607. The van der Waals surface area contributed by atoms with Gasteiger partial charge in [0.15, 0.2) is 0 Å². The number of nitrogens with one attached hydrogen (secondary N) is 2. The number of nitrogens with two attached hydrogens (primary N) is 1. The van der Waals surface area contributed by atoms with Crippen molar-refractivity contribution in [3.63, 3.8) is 0 Å².